The first kappa shape index (κ1) is 13.5. The molecular formula is C14H16FNO3. The maximum Gasteiger partial charge on any atom is 0.335 e. The Balaban J connectivity index is 1.82. The quantitative estimate of drug-likeness (QED) is 0.836. The molecule has 1 aliphatic carbocycles. The van der Waals surface area contributed by atoms with Crippen molar-refractivity contribution in [3.63, 3.8) is 0 Å². The van der Waals surface area contributed by atoms with Crippen LogP contribution in [0.25, 0.3) is 0 Å². The molecule has 19 heavy (non-hydrogen) atoms. The van der Waals surface area contributed by atoms with Crippen molar-refractivity contribution in [2.75, 3.05) is 0 Å². The summed E-state index contributed by atoms with van der Waals surface area (Å²) in [5, 5.41) is 0. The number of carbonyl (C=O) groups is 2. The number of carbonyl (C=O) groups excluding carboxylic acids is 2. The molecular weight excluding hydrogens is 249 g/mol. The molecule has 0 radical (unpaired) electrons. The molecule has 102 valence electrons. The van der Waals surface area contributed by atoms with Gasteiger partial charge >= 0.3 is 5.97 Å². The van der Waals surface area contributed by atoms with Gasteiger partial charge in [0.25, 0.3) is 5.91 Å². The Hall–Kier alpha value is -1.91. The molecule has 1 aliphatic rings. The number of amides is 1. The topological polar surface area (TPSA) is 55.4 Å². The number of hydrogen-bond acceptors (Lipinski definition) is 3. The molecule has 0 bridgehead atoms. The van der Waals surface area contributed by atoms with Gasteiger partial charge in [0, 0.05) is 5.56 Å². The first-order valence-corrected chi connectivity index (χ1v) is 6.43. The Kier molecular flexibility index (Phi) is 4.49. The van der Waals surface area contributed by atoms with Gasteiger partial charge in [-0.05, 0) is 37.1 Å². The van der Waals surface area contributed by atoms with Crippen molar-refractivity contribution in [2.24, 2.45) is 5.92 Å². The van der Waals surface area contributed by atoms with Gasteiger partial charge < -0.3 is 4.84 Å². The molecule has 1 aromatic carbocycles. The number of hydroxylamine groups is 1. The number of halogens is 1. The van der Waals surface area contributed by atoms with E-state index in [-0.39, 0.29) is 11.5 Å². The summed E-state index contributed by atoms with van der Waals surface area (Å²) in [6, 6.07) is 5.02. The van der Waals surface area contributed by atoms with Gasteiger partial charge in [0.2, 0.25) is 0 Å². The van der Waals surface area contributed by atoms with Gasteiger partial charge in [-0.2, -0.15) is 5.48 Å². The lowest BCUT2D eigenvalue weighted by molar-refractivity contribution is -0.155. The molecule has 0 aliphatic heterocycles. The average Bonchev–Trinajstić information content (AvgIpc) is 2.46. The summed E-state index contributed by atoms with van der Waals surface area (Å²) < 4.78 is 12.7. The maximum atomic E-state index is 12.7. The van der Waals surface area contributed by atoms with Crippen LogP contribution in [-0.4, -0.2) is 11.9 Å². The second-order valence-corrected chi connectivity index (χ2v) is 4.69. The highest BCUT2D eigenvalue weighted by atomic mass is 19.1. The van der Waals surface area contributed by atoms with Crippen molar-refractivity contribution in [1.29, 1.82) is 0 Å². The highest BCUT2D eigenvalue weighted by Crippen LogP contribution is 2.24. The molecule has 0 spiro atoms. The summed E-state index contributed by atoms with van der Waals surface area (Å²) >= 11 is 0. The van der Waals surface area contributed by atoms with E-state index in [0.717, 1.165) is 32.1 Å². The van der Waals surface area contributed by atoms with Crippen molar-refractivity contribution >= 4 is 11.9 Å². The van der Waals surface area contributed by atoms with Crippen molar-refractivity contribution in [3.05, 3.63) is 35.6 Å². The van der Waals surface area contributed by atoms with E-state index < -0.39 is 17.7 Å². The second-order valence-electron chi connectivity index (χ2n) is 4.69. The van der Waals surface area contributed by atoms with Crippen LogP contribution in [0.5, 0.6) is 0 Å². The van der Waals surface area contributed by atoms with Crippen LogP contribution in [0.2, 0.25) is 0 Å². The van der Waals surface area contributed by atoms with E-state index in [1.807, 2.05) is 0 Å². The van der Waals surface area contributed by atoms with Crippen LogP contribution in [0, 0.1) is 11.7 Å². The summed E-state index contributed by atoms with van der Waals surface area (Å²) in [5.74, 6) is -1.49. The maximum absolute atomic E-state index is 12.7. The molecule has 0 saturated heterocycles. The van der Waals surface area contributed by atoms with E-state index >= 15 is 0 Å². The van der Waals surface area contributed by atoms with E-state index in [9.17, 15) is 14.0 Å². The Morgan fingerprint density at radius 1 is 1.11 bits per heavy atom. The van der Waals surface area contributed by atoms with E-state index in [2.05, 4.69) is 5.48 Å². The summed E-state index contributed by atoms with van der Waals surface area (Å²) in [7, 11) is 0. The van der Waals surface area contributed by atoms with Crippen LogP contribution in [0.4, 0.5) is 4.39 Å². The number of hydrogen-bond donors (Lipinski definition) is 1. The molecule has 1 fully saturated rings. The number of rotatable bonds is 2. The molecule has 1 saturated carbocycles. The number of nitrogens with one attached hydrogen (secondary N) is 1. The van der Waals surface area contributed by atoms with Gasteiger partial charge in [-0.1, -0.05) is 19.3 Å². The lowest BCUT2D eigenvalue weighted by Crippen LogP contribution is -2.31. The molecule has 0 heterocycles. The molecule has 1 N–H and O–H groups in total. The zero-order valence-corrected chi connectivity index (χ0v) is 10.5. The number of benzene rings is 1. The summed E-state index contributed by atoms with van der Waals surface area (Å²) in [6.07, 6.45) is 4.81. The molecule has 4 nitrogen and oxygen atoms in total. The highest BCUT2D eigenvalue weighted by molar-refractivity contribution is 5.94. The van der Waals surface area contributed by atoms with Gasteiger partial charge in [0.05, 0.1) is 5.92 Å². The Labute approximate surface area is 110 Å². The van der Waals surface area contributed by atoms with Crippen LogP contribution in [-0.2, 0) is 9.63 Å². The van der Waals surface area contributed by atoms with Crippen LogP contribution in [0.1, 0.15) is 42.5 Å². The van der Waals surface area contributed by atoms with Gasteiger partial charge in [-0.3, -0.25) is 4.79 Å². The first-order valence-electron chi connectivity index (χ1n) is 6.43. The van der Waals surface area contributed by atoms with Crippen molar-refractivity contribution in [3.8, 4) is 0 Å². The fourth-order valence-electron chi connectivity index (χ4n) is 2.18. The zero-order chi connectivity index (χ0) is 13.7. The minimum atomic E-state index is -0.552. The Morgan fingerprint density at radius 3 is 2.37 bits per heavy atom. The zero-order valence-electron chi connectivity index (χ0n) is 10.5. The minimum Gasteiger partial charge on any atom is -0.340 e. The predicted octanol–water partition coefficient (Wildman–Crippen LogP) is 2.59. The largest absolute Gasteiger partial charge is 0.340 e. The van der Waals surface area contributed by atoms with Crippen molar-refractivity contribution in [2.45, 2.75) is 32.1 Å². The van der Waals surface area contributed by atoms with E-state index in [4.69, 9.17) is 4.84 Å². The normalized spacial score (nSPS) is 15.8. The van der Waals surface area contributed by atoms with Crippen molar-refractivity contribution < 1.29 is 18.8 Å². The van der Waals surface area contributed by atoms with Crippen LogP contribution in [0.3, 0.4) is 0 Å². The Morgan fingerprint density at radius 2 is 1.74 bits per heavy atom. The third-order valence-electron chi connectivity index (χ3n) is 3.29. The second kappa shape index (κ2) is 6.31. The van der Waals surface area contributed by atoms with Crippen LogP contribution < -0.4 is 5.48 Å². The summed E-state index contributed by atoms with van der Waals surface area (Å²) in [6.45, 7) is 0. The molecule has 1 aromatic rings. The van der Waals surface area contributed by atoms with Crippen LogP contribution in [0.15, 0.2) is 24.3 Å². The SMILES string of the molecule is O=C(NOC(=O)C1CCCCC1)c1ccc(F)cc1. The smallest absolute Gasteiger partial charge is 0.335 e. The molecule has 0 atom stereocenters. The Bertz CT molecular complexity index is 452. The molecule has 0 unspecified atom stereocenters. The lowest BCUT2D eigenvalue weighted by Gasteiger charge is -2.19. The standard InChI is InChI=1S/C14H16FNO3/c15-12-8-6-10(7-9-12)13(17)16-19-14(18)11-4-2-1-3-5-11/h6-9,11H,1-5H2,(H,16,17). The fourth-order valence-corrected chi connectivity index (χ4v) is 2.18. The average molecular weight is 265 g/mol. The molecule has 1 amide bonds. The highest BCUT2D eigenvalue weighted by Gasteiger charge is 2.23. The van der Waals surface area contributed by atoms with Gasteiger partial charge in [0.1, 0.15) is 5.82 Å². The molecule has 2 rings (SSSR count). The van der Waals surface area contributed by atoms with Gasteiger partial charge in [-0.15, -0.1) is 0 Å². The van der Waals surface area contributed by atoms with E-state index in [1.54, 1.807) is 0 Å². The van der Waals surface area contributed by atoms with Crippen molar-refractivity contribution in [1.82, 2.24) is 5.48 Å². The monoisotopic (exact) mass is 265 g/mol. The fraction of sp³-hybridized carbons (Fsp3) is 0.429. The first-order chi connectivity index (χ1) is 9.16. The van der Waals surface area contributed by atoms with E-state index in [1.165, 1.54) is 24.3 Å². The van der Waals surface area contributed by atoms with Crippen LogP contribution >= 0.6 is 0 Å². The predicted molar refractivity (Wildman–Crippen MR) is 66.5 cm³/mol. The summed E-state index contributed by atoms with van der Waals surface area (Å²) in [4.78, 5) is 28.1. The van der Waals surface area contributed by atoms with E-state index in [0.29, 0.717) is 0 Å². The lowest BCUT2D eigenvalue weighted by atomic mass is 9.89. The molecule has 0 aromatic heterocycles. The summed E-state index contributed by atoms with van der Waals surface area (Å²) in [5.41, 5.74) is 2.35. The minimum absolute atomic E-state index is 0.123. The third kappa shape index (κ3) is 3.77. The van der Waals surface area contributed by atoms with Gasteiger partial charge in [-0.25, -0.2) is 9.18 Å². The molecule has 5 heteroatoms. The van der Waals surface area contributed by atoms with Gasteiger partial charge in [0.15, 0.2) is 0 Å². The third-order valence-corrected chi connectivity index (χ3v) is 3.29.